The average molecular weight is 1980 g/mol. The smallest absolute Gasteiger partial charge is 0.257 e. The number of sulfonamides is 5. The van der Waals surface area contributed by atoms with E-state index in [1.54, 1.807) is 256 Å². The minimum Gasteiger partial charge on any atom is -0.495 e. The molecule has 0 saturated carbocycles. The molecule has 714 valence electrons. The fourth-order valence-electron chi connectivity index (χ4n) is 11.8. The molecule has 0 aliphatic carbocycles. The van der Waals surface area contributed by atoms with Crippen LogP contribution in [0, 0.1) is 47.3 Å². The molecule has 0 saturated heterocycles. The van der Waals surface area contributed by atoms with Crippen molar-refractivity contribution in [2.75, 3.05) is 119 Å². The summed E-state index contributed by atoms with van der Waals surface area (Å²) >= 11 is 0. The lowest BCUT2D eigenvalue weighted by atomic mass is 9.99. The fourth-order valence-corrected chi connectivity index (χ4v) is 15.8. The number of rotatable bonds is 31. The summed E-state index contributed by atoms with van der Waals surface area (Å²) in [5.74, 6) is 6.41. The molecule has 1 atom stereocenters. The van der Waals surface area contributed by atoms with E-state index in [-0.39, 0.29) is 104 Å². The Bertz CT molecular complexity index is 7360. The highest BCUT2D eigenvalue weighted by Crippen LogP contribution is 2.29. The second-order valence-corrected chi connectivity index (χ2v) is 41.0. The van der Waals surface area contributed by atoms with Gasteiger partial charge in [-0.2, -0.15) is 10.5 Å². The van der Waals surface area contributed by atoms with Gasteiger partial charge >= 0.3 is 0 Å². The van der Waals surface area contributed by atoms with Gasteiger partial charge in [0.1, 0.15) is 11.8 Å². The number of hydrogen-bond acceptors (Lipinski definition) is 22. The number of para-hydroxylation sites is 7. The van der Waals surface area contributed by atoms with E-state index in [2.05, 4.69) is 67.9 Å². The highest BCUT2D eigenvalue weighted by Gasteiger charge is 2.23. The standard InChI is InChI=1S/C18H18N2O4S.C17H17N3O2S.C17H17NO4S.C16H15N3O4S.C16H14N2O3S.C15H16N2O3S/c1-3-14-8-10-15(11-9-14)19-18(21)16-6-4-5-7-17(16)20-25(22,23)13-12-24-2;1-20(23(2,3)22)16-7-5-4-6-15(16)17(21)19-14-10-8-13(12-18)9-11-14;1-12(19)14-7-5-6-13(10-14)11-17(20)15-8-3-4-9-16(15)18-23(2,21)22;1-23-15-8-7-12(9-11(15)10-17)18-16(20)13-5-3-4-6-14(13)19-24(2,21)22;1-3-12-7-6-8-13(11-12)17-16(19)14-9-4-5-10-15(14)18-22(2,20)21;1-2-21(19,20)17-14-11-7-6-10-13(14)15(18)16-12-8-4-3-5-9-12/h1,4-11,20H,12-13H2,2H3,(H,19,21);4-11H,2H2,1,3H3,(H,19,21);3-10,18H,11H2,1-2H3;3-9,19H,1-2H3,(H,18,20);1,4-11,18H,2H3,(H,17,19);3-11,17H,2H2,1H3,(H,16,18). The SMILES string of the molecule is C#Cc1ccc(NC(=O)c2ccccc2NS(=O)(=O)CCOC)cc1.C#Cc1cccc(NC(=O)c2ccccc2NS(C)(=O)=O)c1.C=S(C)(=O)N(C)c1ccccc1C(=O)Nc1ccc(C#N)cc1.CC(=O)c1cccc(CC(=O)c2ccccc2NS(C)(=O)=O)c1.CCS(=O)(=O)Nc1ccccc1C(=O)Nc1ccccc1.COc1ccc(NC(=O)c2ccccc2NS(C)(=O)=O)cc1C#N. The van der Waals surface area contributed by atoms with Crippen molar-refractivity contribution in [3.63, 3.8) is 0 Å². The van der Waals surface area contributed by atoms with E-state index in [9.17, 15) is 79.9 Å². The second-order valence-electron chi connectivity index (χ2n) is 29.4. The number of ether oxygens (including phenoxy) is 2. The van der Waals surface area contributed by atoms with Gasteiger partial charge in [-0.15, -0.1) is 12.8 Å². The number of carbonyl (C=O) groups is 7. The summed E-state index contributed by atoms with van der Waals surface area (Å²) in [6.07, 6.45) is 15.3. The Balaban J connectivity index is 0.000000226. The number of Topliss-reactive ketones (excluding diaryl/α,β-unsaturated/α-hetero) is 2. The number of ketones is 2. The average Bonchev–Trinajstić information content (AvgIpc) is 0.818. The quantitative estimate of drug-likeness (QED) is 0.0110. The molecule has 138 heavy (non-hydrogen) atoms. The topological polar surface area (TPSA) is 497 Å². The lowest BCUT2D eigenvalue weighted by Crippen LogP contribution is -2.27. The third kappa shape index (κ3) is 36.3. The van der Waals surface area contributed by atoms with E-state index in [4.69, 9.17) is 32.8 Å². The van der Waals surface area contributed by atoms with Crippen LogP contribution in [0.3, 0.4) is 0 Å². The van der Waals surface area contributed by atoms with Crippen LogP contribution in [0.4, 0.5) is 62.6 Å². The Hall–Kier alpha value is -16.2. The van der Waals surface area contributed by atoms with Crippen molar-refractivity contribution >= 4 is 169 Å². The molecule has 1 unspecified atom stereocenters. The Morgan fingerprint density at radius 2 is 0.746 bits per heavy atom. The van der Waals surface area contributed by atoms with Crippen LogP contribution in [-0.2, 0) is 71.0 Å². The van der Waals surface area contributed by atoms with Crippen molar-refractivity contribution in [1.29, 1.82) is 10.5 Å². The number of methoxy groups -OCH3 is 2. The molecule has 39 heteroatoms. The van der Waals surface area contributed by atoms with E-state index in [1.807, 2.05) is 18.2 Å². The van der Waals surface area contributed by atoms with Crippen molar-refractivity contribution < 1.29 is 89.3 Å². The number of benzene rings is 12. The van der Waals surface area contributed by atoms with Crippen LogP contribution in [0.25, 0.3) is 0 Å². The summed E-state index contributed by atoms with van der Waals surface area (Å²) in [4.78, 5) is 85.9. The molecule has 0 aliphatic heterocycles. The third-order valence-corrected chi connectivity index (χ3v) is 24.2. The second kappa shape index (κ2) is 51.3. The molecule has 12 rings (SSSR count). The highest BCUT2D eigenvalue weighted by molar-refractivity contribution is 8.00. The molecule has 0 heterocycles. The normalized spacial score (nSPS) is 11.1. The van der Waals surface area contributed by atoms with Crippen molar-refractivity contribution in [2.45, 2.75) is 20.3 Å². The summed E-state index contributed by atoms with van der Waals surface area (Å²) in [5, 5.41) is 31.4. The number of hydrogen-bond donors (Lipinski definition) is 10. The van der Waals surface area contributed by atoms with Gasteiger partial charge in [0.15, 0.2) is 11.6 Å². The molecule has 0 aliphatic rings. The molecule has 12 aromatic carbocycles. The van der Waals surface area contributed by atoms with Crippen LogP contribution in [-0.4, -0.2) is 158 Å². The molecule has 0 spiro atoms. The predicted octanol–water partition coefficient (Wildman–Crippen LogP) is 14.7. The van der Waals surface area contributed by atoms with Gasteiger partial charge in [-0.25, -0.2) is 46.3 Å². The van der Waals surface area contributed by atoms with Crippen LogP contribution < -0.4 is 59.2 Å². The number of amides is 5. The Kier molecular flexibility index (Phi) is 40.4. The van der Waals surface area contributed by atoms with Gasteiger partial charge in [0, 0.05) is 87.2 Å². The number of terminal acetylenes is 2. The maximum atomic E-state index is 12.5. The minimum atomic E-state index is -3.61. The van der Waals surface area contributed by atoms with E-state index in [0.717, 1.165) is 18.8 Å². The fraction of sp³-hybridized carbons (Fsp3) is 0.131. The van der Waals surface area contributed by atoms with Crippen LogP contribution in [0.1, 0.15) is 114 Å². The van der Waals surface area contributed by atoms with Gasteiger partial charge in [-0.1, -0.05) is 127 Å². The van der Waals surface area contributed by atoms with Crippen molar-refractivity contribution in [3.05, 3.63) is 358 Å². The first kappa shape index (κ1) is 109. The van der Waals surface area contributed by atoms with Crippen LogP contribution >= 0.6 is 0 Å². The number of nitriles is 2. The van der Waals surface area contributed by atoms with Crippen LogP contribution in [0.2, 0.25) is 0 Å². The first-order valence-corrected chi connectivity index (χ1v) is 51.9. The van der Waals surface area contributed by atoms with Crippen molar-refractivity contribution in [3.8, 4) is 42.6 Å². The van der Waals surface area contributed by atoms with E-state index in [0.29, 0.717) is 78.8 Å². The molecule has 0 radical (unpaired) electrons. The van der Waals surface area contributed by atoms with Crippen molar-refractivity contribution in [2.24, 2.45) is 0 Å². The zero-order chi connectivity index (χ0) is 102. The van der Waals surface area contributed by atoms with Crippen LogP contribution in [0.15, 0.2) is 291 Å². The zero-order valence-electron chi connectivity index (χ0n) is 75.9. The number of nitrogens with zero attached hydrogens (tertiary/aromatic N) is 3. The maximum absolute atomic E-state index is 12.5. The molecule has 0 fully saturated rings. The van der Waals surface area contributed by atoms with Gasteiger partial charge in [-0.05, 0) is 201 Å². The highest BCUT2D eigenvalue weighted by atomic mass is 32.2. The van der Waals surface area contributed by atoms with E-state index >= 15 is 0 Å². The Morgan fingerprint density at radius 3 is 1.16 bits per heavy atom. The molecular formula is C99H97N13O20S6. The predicted molar refractivity (Wildman–Crippen MR) is 544 cm³/mol. The number of carbonyl (C=O) groups excluding carboxylic acids is 7. The van der Waals surface area contributed by atoms with Gasteiger partial charge < -0.3 is 40.4 Å². The van der Waals surface area contributed by atoms with Gasteiger partial charge in [0.2, 0.25) is 50.1 Å². The summed E-state index contributed by atoms with van der Waals surface area (Å²) in [6, 6.07) is 83.4. The van der Waals surface area contributed by atoms with Gasteiger partial charge in [-0.3, -0.25) is 57.2 Å². The molecule has 33 nitrogen and oxygen atoms in total. The van der Waals surface area contributed by atoms with Gasteiger partial charge in [0.05, 0.1) is 123 Å². The first-order valence-electron chi connectivity index (χ1n) is 40.8. The van der Waals surface area contributed by atoms with Crippen LogP contribution in [0.5, 0.6) is 5.75 Å². The first-order chi connectivity index (χ1) is 65.3. The monoisotopic (exact) mass is 1980 g/mol. The molecule has 0 bridgehead atoms. The number of anilines is 11. The van der Waals surface area contributed by atoms with E-state index < -0.39 is 77.5 Å². The lowest BCUT2D eigenvalue weighted by Gasteiger charge is -2.23. The molecule has 5 amide bonds. The summed E-state index contributed by atoms with van der Waals surface area (Å²) in [7, 11) is -15.5. The van der Waals surface area contributed by atoms with Crippen molar-refractivity contribution in [1.82, 2.24) is 0 Å². The summed E-state index contributed by atoms with van der Waals surface area (Å²) in [6.45, 7) is 3.06. The molecular weight excluding hydrogens is 1880 g/mol. The molecule has 12 aromatic rings. The lowest BCUT2D eigenvalue weighted by molar-refractivity contribution is 0.0986. The summed E-state index contributed by atoms with van der Waals surface area (Å²) < 4.78 is 151. The molecule has 0 aromatic heterocycles. The zero-order valence-corrected chi connectivity index (χ0v) is 80.8. The Labute approximate surface area is 803 Å². The minimum absolute atomic E-state index is 0.0539. The third-order valence-electron chi connectivity index (χ3n) is 18.5. The Morgan fingerprint density at radius 1 is 0.384 bits per heavy atom. The maximum Gasteiger partial charge on any atom is 0.257 e. The van der Waals surface area contributed by atoms with E-state index in [1.165, 1.54) is 75.0 Å². The van der Waals surface area contributed by atoms with Gasteiger partial charge in [0.25, 0.3) is 29.5 Å². The summed E-state index contributed by atoms with van der Waals surface area (Å²) in [5.41, 5.74) is 9.33. The largest absolute Gasteiger partial charge is 0.495 e. The number of nitrogens with one attached hydrogen (secondary N) is 10. The molecule has 10 N–H and O–H groups in total.